The van der Waals surface area contributed by atoms with Crippen LogP contribution in [0.2, 0.25) is 0 Å². The third-order valence-electron chi connectivity index (χ3n) is 6.93. The number of piperidine rings is 1. The largest absolute Gasteiger partial charge is 0.508 e. The van der Waals surface area contributed by atoms with Crippen molar-refractivity contribution in [3.63, 3.8) is 0 Å². The zero-order valence-corrected chi connectivity index (χ0v) is 13.8. The molecular weight excluding hydrogens is 290 g/mol. The summed E-state index contributed by atoms with van der Waals surface area (Å²) in [5.74, 6) is 1.03. The van der Waals surface area contributed by atoms with Crippen molar-refractivity contribution in [3.05, 3.63) is 29.3 Å². The molecule has 1 heterocycles. The maximum absolute atomic E-state index is 10.7. The van der Waals surface area contributed by atoms with Crippen LogP contribution in [0.4, 0.5) is 0 Å². The number of fused-ring (bicyclic) bond motifs is 1. The molecule has 0 amide bonds. The van der Waals surface area contributed by atoms with Gasteiger partial charge in [0.25, 0.3) is 6.47 Å². The minimum absolute atomic E-state index is 0.230. The van der Waals surface area contributed by atoms with Gasteiger partial charge >= 0.3 is 0 Å². The third-order valence-corrected chi connectivity index (χ3v) is 6.93. The number of hydrogen-bond acceptors (Lipinski definition) is 3. The van der Waals surface area contributed by atoms with Crippen LogP contribution in [0.5, 0.6) is 5.75 Å². The zero-order chi connectivity index (χ0) is 16.1. The van der Waals surface area contributed by atoms with Crippen LogP contribution in [0.1, 0.15) is 43.2 Å². The van der Waals surface area contributed by atoms with Crippen LogP contribution < -0.4 is 0 Å². The van der Waals surface area contributed by atoms with E-state index in [9.17, 15) is 9.90 Å². The molecule has 3 unspecified atom stereocenters. The van der Waals surface area contributed by atoms with E-state index in [1.807, 2.05) is 12.1 Å². The lowest BCUT2D eigenvalue weighted by molar-refractivity contribution is -0.959. The van der Waals surface area contributed by atoms with Crippen LogP contribution >= 0.6 is 0 Å². The van der Waals surface area contributed by atoms with E-state index >= 15 is 0 Å². The van der Waals surface area contributed by atoms with Gasteiger partial charge in [-0.1, -0.05) is 18.9 Å². The summed E-state index contributed by atoms with van der Waals surface area (Å²) < 4.78 is 6.04. The summed E-state index contributed by atoms with van der Waals surface area (Å²) in [7, 11) is 2.25. The molecule has 1 aliphatic heterocycles. The molecule has 4 atom stereocenters. The number of carbonyl (C=O) groups excluding carboxylic acids is 1. The van der Waals surface area contributed by atoms with Crippen molar-refractivity contribution in [2.24, 2.45) is 5.92 Å². The summed E-state index contributed by atoms with van der Waals surface area (Å²) in [5.41, 5.74) is 3.02. The lowest BCUT2D eigenvalue weighted by atomic mass is 9.52. The number of benzene rings is 1. The lowest BCUT2D eigenvalue weighted by Crippen LogP contribution is -2.68. The predicted molar refractivity (Wildman–Crippen MR) is 86.9 cm³/mol. The van der Waals surface area contributed by atoms with Crippen LogP contribution in [0.15, 0.2) is 18.2 Å². The highest BCUT2D eigenvalue weighted by Gasteiger charge is 2.59. The fraction of sp³-hybridized carbons (Fsp3) is 0.632. The molecule has 0 aromatic heterocycles. The highest BCUT2D eigenvalue weighted by molar-refractivity contribution is 5.44. The Morgan fingerprint density at radius 3 is 3.09 bits per heavy atom. The van der Waals surface area contributed by atoms with Crippen LogP contribution in [0, 0.1) is 5.92 Å². The molecule has 3 aliphatic rings. The fourth-order valence-electron chi connectivity index (χ4n) is 5.82. The van der Waals surface area contributed by atoms with E-state index in [-0.39, 0.29) is 5.41 Å². The van der Waals surface area contributed by atoms with Crippen molar-refractivity contribution in [1.29, 1.82) is 0 Å². The molecule has 0 radical (unpaired) electrons. The zero-order valence-electron chi connectivity index (χ0n) is 13.8. The van der Waals surface area contributed by atoms with Gasteiger partial charge in [-0.2, -0.15) is 0 Å². The average molecular weight is 316 g/mol. The Kier molecular flexibility index (Phi) is 3.41. The number of quaternary nitrogens is 1. The van der Waals surface area contributed by atoms with Crippen molar-refractivity contribution in [3.8, 4) is 5.75 Å². The first-order valence-corrected chi connectivity index (χ1v) is 8.81. The fourth-order valence-corrected chi connectivity index (χ4v) is 5.82. The maximum atomic E-state index is 10.7. The first-order valence-electron chi connectivity index (χ1n) is 8.81. The normalized spacial score (nSPS) is 38.3. The molecule has 1 saturated heterocycles. The highest BCUT2D eigenvalue weighted by atomic mass is 16.5. The lowest BCUT2D eigenvalue weighted by Gasteiger charge is -2.60. The summed E-state index contributed by atoms with van der Waals surface area (Å²) in [5, 5.41) is 10.0. The van der Waals surface area contributed by atoms with Gasteiger partial charge < -0.3 is 9.84 Å². The number of ether oxygens (including phenoxy) is 1. The Bertz CT molecular complexity index is 631. The molecular formula is C19H26NO3+. The number of carbonyl (C=O) groups is 1. The maximum Gasteiger partial charge on any atom is 0.297 e. The van der Waals surface area contributed by atoms with E-state index in [2.05, 4.69) is 13.1 Å². The SMILES string of the molecule is C[N+]1(COC=O)CC[C@]23CCCCC2C1Cc1ccc(O)cc13. The van der Waals surface area contributed by atoms with Crippen LogP contribution in [0.25, 0.3) is 0 Å². The third kappa shape index (κ3) is 2.11. The van der Waals surface area contributed by atoms with E-state index in [4.69, 9.17) is 4.74 Å². The molecule has 1 saturated carbocycles. The molecule has 23 heavy (non-hydrogen) atoms. The molecule has 2 fully saturated rings. The molecule has 2 bridgehead atoms. The second-order valence-corrected chi connectivity index (χ2v) is 7.97. The Morgan fingerprint density at radius 2 is 2.26 bits per heavy atom. The molecule has 2 aliphatic carbocycles. The molecule has 0 spiro atoms. The first-order chi connectivity index (χ1) is 11.1. The Balaban J connectivity index is 1.81. The second-order valence-electron chi connectivity index (χ2n) is 7.97. The summed E-state index contributed by atoms with van der Waals surface area (Å²) >= 11 is 0. The van der Waals surface area contributed by atoms with Gasteiger partial charge in [-0.05, 0) is 36.1 Å². The van der Waals surface area contributed by atoms with Gasteiger partial charge in [0.2, 0.25) is 6.73 Å². The van der Waals surface area contributed by atoms with Crippen LogP contribution in [0.3, 0.4) is 0 Å². The van der Waals surface area contributed by atoms with Gasteiger partial charge in [0.05, 0.1) is 19.6 Å². The molecule has 4 nitrogen and oxygen atoms in total. The standard InChI is InChI=1S/C19H25NO3/c1-20(12-23-13-21)9-8-19-7-3-2-4-16(19)18(20)10-14-5-6-15(22)11-17(14)19/h5-6,11,13,16,18H,2-4,7-10,12H2,1H3/p+1/t16?,18?,19-,20?/m1/s1. The minimum Gasteiger partial charge on any atom is -0.508 e. The first kappa shape index (κ1) is 15.0. The number of aromatic hydroxyl groups is 1. The minimum atomic E-state index is 0.230. The number of hydrogen-bond donors (Lipinski definition) is 1. The number of phenols is 1. The van der Waals surface area contributed by atoms with E-state index < -0.39 is 0 Å². The van der Waals surface area contributed by atoms with E-state index in [0.29, 0.717) is 30.9 Å². The topological polar surface area (TPSA) is 46.5 Å². The van der Waals surface area contributed by atoms with Gasteiger partial charge in [-0.3, -0.25) is 9.28 Å². The number of likely N-dealkylation sites (tertiary alicyclic amines) is 1. The summed E-state index contributed by atoms with van der Waals surface area (Å²) in [4.78, 5) is 10.7. The van der Waals surface area contributed by atoms with Gasteiger partial charge in [0, 0.05) is 24.2 Å². The van der Waals surface area contributed by atoms with Crippen molar-refractivity contribution >= 4 is 6.47 Å². The van der Waals surface area contributed by atoms with Crippen LogP contribution in [-0.4, -0.2) is 42.4 Å². The number of rotatable bonds is 3. The van der Waals surface area contributed by atoms with Gasteiger partial charge in [0.15, 0.2) is 0 Å². The number of likely N-dealkylation sites (N-methyl/N-ethyl adjacent to an activating group) is 1. The molecule has 4 rings (SSSR count). The second kappa shape index (κ2) is 5.23. The van der Waals surface area contributed by atoms with Crippen molar-refractivity contribution < 1.29 is 19.1 Å². The smallest absolute Gasteiger partial charge is 0.297 e. The van der Waals surface area contributed by atoms with E-state index in [1.54, 1.807) is 0 Å². The quantitative estimate of drug-likeness (QED) is 0.689. The molecule has 1 N–H and O–H groups in total. The van der Waals surface area contributed by atoms with Crippen molar-refractivity contribution in [2.45, 2.75) is 50.0 Å². The highest BCUT2D eigenvalue weighted by Crippen LogP contribution is 2.57. The van der Waals surface area contributed by atoms with Gasteiger partial charge in [-0.15, -0.1) is 0 Å². The Morgan fingerprint density at radius 1 is 1.39 bits per heavy atom. The monoisotopic (exact) mass is 316 g/mol. The van der Waals surface area contributed by atoms with E-state index in [1.165, 1.54) is 36.8 Å². The number of nitrogens with zero attached hydrogens (tertiary/aromatic N) is 1. The molecule has 1 aromatic carbocycles. The van der Waals surface area contributed by atoms with Crippen LogP contribution in [-0.2, 0) is 21.4 Å². The summed E-state index contributed by atoms with van der Waals surface area (Å²) in [6.45, 7) is 2.11. The molecule has 4 heteroatoms. The van der Waals surface area contributed by atoms with E-state index in [0.717, 1.165) is 23.9 Å². The molecule has 124 valence electrons. The summed E-state index contributed by atoms with van der Waals surface area (Å²) in [6, 6.07) is 6.48. The Hall–Kier alpha value is -1.55. The number of phenolic OH excluding ortho intramolecular Hbond substituents is 1. The van der Waals surface area contributed by atoms with Crippen molar-refractivity contribution in [1.82, 2.24) is 0 Å². The van der Waals surface area contributed by atoms with Gasteiger partial charge in [-0.25, -0.2) is 0 Å². The molecule has 1 aromatic rings. The van der Waals surface area contributed by atoms with Gasteiger partial charge in [0.1, 0.15) is 5.75 Å². The Labute approximate surface area is 137 Å². The van der Waals surface area contributed by atoms with Crippen molar-refractivity contribution in [2.75, 3.05) is 20.3 Å². The average Bonchev–Trinajstić information content (AvgIpc) is 2.57. The summed E-state index contributed by atoms with van der Waals surface area (Å²) in [6.07, 6.45) is 7.23. The predicted octanol–water partition coefficient (Wildman–Crippen LogP) is 2.73.